The van der Waals surface area contributed by atoms with Gasteiger partial charge in [0.15, 0.2) is 11.9 Å². The van der Waals surface area contributed by atoms with Gasteiger partial charge in [0.2, 0.25) is 0 Å². The van der Waals surface area contributed by atoms with E-state index >= 15 is 0 Å². The van der Waals surface area contributed by atoms with Crippen LogP contribution >= 0.6 is 23.2 Å². The summed E-state index contributed by atoms with van der Waals surface area (Å²) in [5.41, 5.74) is 0.780. The van der Waals surface area contributed by atoms with Gasteiger partial charge in [-0.3, -0.25) is 4.79 Å². The number of nitrogens with zero attached hydrogens (tertiary/aromatic N) is 1. The summed E-state index contributed by atoms with van der Waals surface area (Å²) in [7, 11) is 0. The van der Waals surface area contributed by atoms with Crippen molar-refractivity contribution in [3.8, 4) is 5.75 Å². The molecule has 3 aromatic rings. The van der Waals surface area contributed by atoms with Crippen molar-refractivity contribution < 1.29 is 14.6 Å². The predicted octanol–water partition coefficient (Wildman–Crippen LogP) is 4.17. The zero-order chi connectivity index (χ0) is 19.6. The minimum Gasteiger partial charge on any atom is -0.479 e. The van der Waals surface area contributed by atoms with Gasteiger partial charge < -0.3 is 14.8 Å². The zero-order valence-corrected chi connectivity index (χ0v) is 15.6. The number of aromatic amines is 1. The average molecular weight is 405 g/mol. The number of H-pyrrole nitrogens is 1. The molecule has 0 spiro atoms. The average Bonchev–Trinajstić information content (AvgIpc) is 2.62. The molecule has 0 fully saturated rings. The number of carboxylic acid groups (broad SMARTS) is 1. The molecule has 6 nitrogen and oxygen atoms in total. The highest BCUT2D eigenvalue weighted by atomic mass is 35.5. The molecule has 0 bridgehead atoms. The van der Waals surface area contributed by atoms with Crippen LogP contribution in [0.15, 0.2) is 47.3 Å². The van der Waals surface area contributed by atoms with E-state index in [0.717, 1.165) is 0 Å². The van der Waals surface area contributed by atoms with Crippen LogP contribution in [0.3, 0.4) is 0 Å². The third-order valence-corrected chi connectivity index (χ3v) is 4.23. The molecule has 0 saturated heterocycles. The van der Waals surface area contributed by atoms with Crippen LogP contribution in [0.25, 0.3) is 22.0 Å². The Kier molecular flexibility index (Phi) is 5.48. The number of nitrogens with one attached hydrogen (secondary N) is 1. The summed E-state index contributed by atoms with van der Waals surface area (Å²) >= 11 is 12.2. The molecular formula is C19H14Cl2N2O4. The van der Waals surface area contributed by atoms with Crippen LogP contribution in [0.1, 0.15) is 18.3 Å². The highest BCUT2D eigenvalue weighted by Crippen LogP contribution is 2.23. The molecule has 0 radical (unpaired) electrons. The molecule has 1 aromatic heterocycles. The van der Waals surface area contributed by atoms with Gasteiger partial charge in [0.1, 0.15) is 5.75 Å². The molecule has 1 heterocycles. The predicted molar refractivity (Wildman–Crippen MR) is 105 cm³/mol. The Bertz CT molecular complexity index is 1110. The van der Waals surface area contributed by atoms with Crippen molar-refractivity contribution in [1.29, 1.82) is 0 Å². The molecule has 1 atom stereocenters. The third-order valence-electron chi connectivity index (χ3n) is 3.71. The SMILES string of the molecule is CC(Oc1cccc(/C=C(/Cl)c2nc3ccc(Cl)cc3c(=O)[nH]2)c1)C(=O)O. The summed E-state index contributed by atoms with van der Waals surface area (Å²) in [5.74, 6) is -0.466. The van der Waals surface area contributed by atoms with E-state index in [0.29, 0.717) is 27.2 Å². The highest BCUT2D eigenvalue weighted by Gasteiger charge is 2.12. The maximum absolute atomic E-state index is 12.2. The van der Waals surface area contributed by atoms with Gasteiger partial charge in [-0.05, 0) is 48.9 Å². The second kappa shape index (κ2) is 7.82. The standard InChI is InChI=1S/C19H14Cl2N2O4/c1-10(19(25)26)27-13-4-2-3-11(7-13)8-15(21)17-22-16-6-5-12(20)9-14(16)18(24)23-17/h2-10H,1H3,(H,25,26)(H,22,23,24)/b15-8+. The lowest BCUT2D eigenvalue weighted by Gasteiger charge is -2.10. The first kappa shape index (κ1) is 18.9. The van der Waals surface area contributed by atoms with Crippen molar-refractivity contribution in [2.45, 2.75) is 13.0 Å². The smallest absolute Gasteiger partial charge is 0.344 e. The lowest BCUT2D eigenvalue weighted by molar-refractivity contribution is -0.144. The molecule has 27 heavy (non-hydrogen) atoms. The van der Waals surface area contributed by atoms with Crippen LogP contribution in [0, 0.1) is 0 Å². The van der Waals surface area contributed by atoms with Crippen molar-refractivity contribution in [3.05, 3.63) is 69.2 Å². The van der Waals surface area contributed by atoms with Gasteiger partial charge in [0.05, 0.1) is 15.9 Å². The molecule has 3 rings (SSSR count). The summed E-state index contributed by atoms with van der Waals surface area (Å²) in [6.07, 6.45) is 0.616. The minimum atomic E-state index is -1.06. The maximum atomic E-state index is 12.2. The summed E-state index contributed by atoms with van der Waals surface area (Å²) in [5, 5.41) is 9.95. The molecule has 0 aliphatic rings. The van der Waals surface area contributed by atoms with Gasteiger partial charge in [-0.25, -0.2) is 9.78 Å². The third kappa shape index (κ3) is 4.48. The van der Waals surface area contributed by atoms with Gasteiger partial charge in [-0.2, -0.15) is 0 Å². The molecule has 0 amide bonds. The Labute approximate surface area is 164 Å². The zero-order valence-electron chi connectivity index (χ0n) is 14.1. The topological polar surface area (TPSA) is 92.3 Å². The van der Waals surface area contributed by atoms with E-state index in [4.69, 9.17) is 33.0 Å². The van der Waals surface area contributed by atoms with E-state index in [-0.39, 0.29) is 16.4 Å². The number of ether oxygens (including phenoxy) is 1. The van der Waals surface area contributed by atoms with E-state index in [9.17, 15) is 9.59 Å². The van der Waals surface area contributed by atoms with Crippen LogP contribution in [-0.2, 0) is 4.79 Å². The number of hydrogen-bond acceptors (Lipinski definition) is 4. The second-order valence-corrected chi connectivity index (χ2v) is 6.58. The normalized spacial score (nSPS) is 12.8. The lowest BCUT2D eigenvalue weighted by Crippen LogP contribution is -2.22. The first-order valence-corrected chi connectivity index (χ1v) is 8.66. The van der Waals surface area contributed by atoms with Crippen LogP contribution in [0.4, 0.5) is 0 Å². The van der Waals surface area contributed by atoms with E-state index in [1.165, 1.54) is 13.0 Å². The second-order valence-electron chi connectivity index (χ2n) is 5.74. The molecule has 8 heteroatoms. The Morgan fingerprint density at radius 1 is 1.30 bits per heavy atom. The summed E-state index contributed by atoms with van der Waals surface area (Å²) in [6, 6.07) is 11.6. The van der Waals surface area contributed by atoms with Crippen LogP contribution < -0.4 is 10.3 Å². The fourth-order valence-electron chi connectivity index (χ4n) is 2.37. The molecule has 2 N–H and O–H groups in total. The number of rotatable bonds is 5. The Hall–Kier alpha value is -2.83. The largest absolute Gasteiger partial charge is 0.479 e. The first-order valence-electron chi connectivity index (χ1n) is 7.90. The van der Waals surface area contributed by atoms with E-state index in [1.807, 2.05) is 0 Å². The fourth-order valence-corrected chi connectivity index (χ4v) is 2.76. The molecule has 1 unspecified atom stereocenters. The highest BCUT2D eigenvalue weighted by molar-refractivity contribution is 6.50. The van der Waals surface area contributed by atoms with Crippen molar-refractivity contribution in [2.24, 2.45) is 0 Å². The maximum Gasteiger partial charge on any atom is 0.344 e. The number of carboxylic acids is 1. The number of fused-ring (bicyclic) bond motifs is 1. The first-order chi connectivity index (χ1) is 12.8. The van der Waals surface area contributed by atoms with Gasteiger partial charge in [-0.15, -0.1) is 0 Å². The number of hydrogen-bond donors (Lipinski definition) is 2. The van der Waals surface area contributed by atoms with Crippen molar-refractivity contribution in [3.63, 3.8) is 0 Å². The van der Waals surface area contributed by atoms with Crippen molar-refractivity contribution in [2.75, 3.05) is 0 Å². The summed E-state index contributed by atoms with van der Waals surface area (Å²) in [6.45, 7) is 1.44. The quantitative estimate of drug-likeness (QED) is 0.665. The number of aromatic nitrogens is 2. The van der Waals surface area contributed by atoms with Crippen LogP contribution in [0.5, 0.6) is 5.75 Å². The Balaban J connectivity index is 1.94. The fraction of sp³-hybridized carbons (Fsp3) is 0.105. The molecule has 2 aromatic carbocycles. The van der Waals surface area contributed by atoms with Crippen molar-refractivity contribution in [1.82, 2.24) is 9.97 Å². The molecule has 0 aliphatic heterocycles. The minimum absolute atomic E-state index is 0.210. The van der Waals surface area contributed by atoms with E-state index < -0.39 is 12.1 Å². The molecule has 0 aliphatic carbocycles. The van der Waals surface area contributed by atoms with Gasteiger partial charge in [0.25, 0.3) is 5.56 Å². The number of carbonyl (C=O) groups is 1. The Morgan fingerprint density at radius 2 is 2.07 bits per heavy atom. The summed E-state index contributed by atoms with van der Waals surface area (Å²) < 4.78 is 5.33. The van der Waals surface area contributed by atoms with E-state index in [1.54, 1.807) is 42.5 Å². The monoisotopic (exact) mass is 404 g/mol. The number of benzene rings is 2. The van der Waals surface area contributed by atoms with Crippen molar-refractivity contribution >= 4 is 51.2 Å². The summed E-state index contributed by atoms with van der Waals surface area (Å²) in [4.78, 5) is 30.1. The molecular weight excluding hydrogens is 391 g/mol. The van der Waals surface area contributed by atoms with Crippen LogP contribution in [0.2, 0.25) is 5.02 Å². The number of aliphatic carboxylic acids is 1. The van der Waals surface area contributed by atoms with Gasteiger partial charge >= 0.3 is 5.97 Å². The van der Waals surface area contributed by atoms with E-state index in [2.05, 4.69) is 9.97 Å². The molecule has 0 saturated carbocycles. The molecule has 138 valence electrons. The van der Waals surface area contributed by atoms with Crippen LogP contribution in [-0.4, -0.2) is 27.1 Å². The van der Waals surface area contributed by atoms with Gasteiger partial charge in [0, 0.05) is 5.02 Å². The van der Waals surface area contributed by atoms with Gasteiger partial charge in [-0.1, -0.05) is 35.3 Å². The Morgan fingerprint density at radius 3 is 2.81 bits per heavy atom. The lowest BCUT2D eigenvalue weighted by atomic mass is 10.2. The number of halogens is 2.